The van der Waals surface area contributed by atoms with Crippen molar-refractivity contribution in [1.29, 1.82) is 0 Å². The monoisotopic (exact) mass is 492 g/mol. The van der Waals surface area contributed by atoms with Gasteiger partial charge in [0.25, 0.3) is 0 Å². The Bertz CT molecular complexity index is 830. The van der Waals surface area contributed by atoms with Gasteiger partial charge in [0.2, 0.25) is 11.8 Å². The molecule has 3 unspecified atom stereocenters. The third-order valence-corrected chi connectivity index (χ3v) is 8.55. The highest BCUT2D eigenvalue weighted by Crippen LogP contribution is 2.65. The summed E-state index contributed by atoms with van der Waals surface area (Å²) < 4.78 is 12.2. The molecule has 7 atom stereocenters. The maximum atomic E-state index is 14.4. The molecule has 0 aliphatic carbocycles. The molecule has 3 aliphatic rings. The van der Waals surface area contributed by atoms with Gasteiger partial charge in [-0.05, 0) is 45.4 Å². The number of carbonyl (C=O) groups excluding carboxylic acids is 3. The minimum absolute atomic E-state index is 0.0517. The van der Waals surface area contributed by atoms with Crippen LogP contribution in [0.15, 0.2) is 12.7 Å². The van der Waals surface area contributed by atoms with Crippen molar-refractivity contribution in [3.8, 4) is 0 Å². The molecule has 3 fully saturated rings. The highest BCUT2D eigenvalue weighted by Gasteiger charge is 2.79. The quantitative estimate of drug-likeness (QED) is 0.332. The molecule has 3 heterocycles. The topological polar surface area (TPSA) is 96.4 Å². The zero-order valence-electron chi connectivity index (χ0n) is 22.3. The zero-order valence-corrected chi connectivity index (χ0v) is 22.3. The second-order valence-electron chi connectivity index (χ2n) is 10.7. The van der Waals surface area contributed by atoms with E-state index in [-0.39, 0.29) is 37.0 Å². The molecule has 0 aromatic carbocycles. The molecule has 0 aromatic rings. The molecule has 3 aliphatic heterocycles. The van der Waals surface area contributed by atoms with Crippen LogP contribution in [-0.4, -0.2) is 81.8 Å². The number of likely N-dealkylation sites (tertiary alicyclic amines) is 1. The summed E-state index contributed by atoms with van der Waals surface area (Å²) in [6.07, 6.45) is 5.09. The number of nitrogens with zero attached hydrogens (tertiary/aromatic N) is 2. The van der Waals surface area contributed by atoms with Gasteiger partial charge in [0.15, 0.2) is 0 Å². The number of hydrogen-bond acceptors (Lipinski definition) is 6. The second kappa shape index (κ2) is 10.6. The van der Waals surface area contributed by atoms with Crippen LogP contribution in [0.5, 0.6) is 0 Å². The van der Waals surface area contributed by atoms with Gasteiger partial charge in [-0.15, -0.1) is 6.58 Å². The molecular weight excluding hydrogens is 448 g/mol. The maximum absolute atomic E-state index is 14.4. The Hall–Kier alpha value is -1.93. The SMILES string of the molecule is C=CCN(C(=O)C1N([C@@H](CO)C(C)C)C(=O)[C@@H]2[C@@H](C(=O)OCC)[C@@]3(CC)CCC12O3)C(C)CCC. The molecule has 8 nitrogen and oxygen atoms in total. The van der Waals surface area contributed by atoms with Gasteiger partial charge in [0, 0.05) is 12.6 Å². The molecule has 1 spiro atoms. The summed E-state index contributed by atoms with van der Waals surface area (Å²) >= 11 is 0. The van der Waals surface area contributed by atoms with Crippen molar-refractivity contribution < 1.29 is 29.0 Å². The highest BCUT2D eigenvalue weighted by atomic mass is 16.6. The number of aliphatic hydroxyl groups is 1. The van der Waals surface area contributed by atoms with Crippen LogP contribution in [0.1, 0.15) is 73.6 Å². The standard InChI is InChI=1S/C27H44N2O6/c1-8-12-18(7)28(15-9-2)24(32)22-27-14-13-26(10-3,35-27)21(25(33)34-11-4)20(27)23(31)29(22)19(16-30)17(5)6/h9,17-22,30H,2,8,10-16H2,1,3-7H3/t18?,19-,20-,21-,22?,26+,27?/m0/s1. The van der Waals surface area contributed by atoms with Crippen LogP contribution in [0, 0.1) is 17.8 Å². The van der Waals surface area contributed by atoms with E-state index in [0.29, 0.717) is 25.8 Å². The summed E-state index contributed by atoms with van der Waals surface area (Å²) in [5, 5.41) is 10.3. The van der Waals surface area contributed by atoms with Crippen molar-refractivity contribution >= 4 is 17.8 Å². The number of ether oxygens (including phenoxy) is 2. The largest absolute Gasteiger partial charge is 0.466 e. The van der Waals surface area contributed by atoms with Gasteiger partial charge in [-0.3, -0.25) is 14.4 Å². The van der Waals surface area contributed by atoms with Crippen LogP contribution in [0.3, 0.4) is 0 Å². The lowest BCUT2D eigenvalue weighted by atomic mass is 9.65. The maximum Gasteiger partial charge on any atom is 0.312 e. The first kappa shape index (κ1) is 27.7. The van der Waals surface area contributed by atoms with Crippen LogP contribution in [0.25, 0.3) is 0 Å². The minimum atomic E-state index is -1.12. The van der Waals surface area contributed by atoms with Gasteiger partial charge >= 0.3 is 5.97 Å². The minimum Gasteiger partial charge on any atom is -0.466 e. The molecule has 2 amide bonds. The Kier molecular flexibility index (Phi) is 8.37. The lowest BCUT2D eigenvalue weighted by molar-refractivity contribution is -0.164. The number of amides is 2. The fraction of sp³-hybridized carbons (Fsp3) is 0.815. The predicted octanol–water partition coefficient (Wildman–Crippen LogP) is 2.92. The fourth-order valence-electron chi connectivity index (χ4n) is 6.86. The van der Waals surface area contributed by atoms with Crippen LogP contribution in [-0.2, 0) is 23.9 Å². The van der Waals surface area contributed by atoms with Gasteiger partial charge in [-0.2, -0.15) is 0 Å². The molecule has 35 heavy (non-hydrogen) atoms. The number of carbonyl (C=O) groups is 3. The van der Waals surface area contributed by atoms with E-state index in [0.717, 1.165) is 12.8 Å². The number of esters is 1. The summed E-state index contributed by atoms with van der Waals surface area (Å²) in [7, 11) is 0. The van der Waals surface area contributed by atoms with Crippen LogP contribution >= 0.6 is 0 Å². The van der Waals surface area contributed by atoms with E-state index in [1.54, 1.807) is 22.8 Å². The van der Waals surface area contributed by atoms with Gasteiger partial charge in [0.1, 0.15) is 17.6 Å². The Balaban J connectivity index is 2.17. The number of fused-ring (bicyclic) bond motifs is 1. The van der Waals surface area contributed by atoms with Crippen molar-refractivity contribution in [1.82, 2.24) is 9.80 Å². The normalized spacial score (nSPS) is 33.1. The molecular formula is C27H44N2O6. The Morgan fingerprint density at radius 3 is 2.49 bits per heavy atom. The molecule has 0 aromatic heterocycles. The van der Waals surface area contributed by atoms with Crippen molar-refractivity contribution in [2.75, 3.05) is 19.8 Å². The number of aliphatic hydroxyl groups excluding tert-OH is 1. The van der Waals surface area contributed by atoms with E-state index in [2.05, 4.69) is 13.5 Å². The fourth-order valence-corrected chi connectivity index (χ4v) is 6.86. The average molecular weight is 493 g/mol. The second-order valence-corrected chi connectivity index (χ2v) is 10.7. The first-order valence-corrected chi connectivity index (χ1v) is 13.3. The van der Waals surface area contributed by atoms with Crippen LogP contribution in [0.2, 0.25) is 0 Å². The first-order chi connectivity index (χ1) is 16.6. The summed E-state index contributed by atoms with van der Waals surface area (Å²) in [5.74, 6) is -2.57. The molecule has 198 valence electrons. The third-order valence-electron chi connectivity index (χ3n) is 8.55. The number of hydrogen-bond donors (Lipinski definition) is 1. The highest BCUT2D eigenvalue weighted by molar-refractivity contribution is 5.99. The lowest BCUT2D eigenvalue weighted by Crippen LogP contribution is -2.60. The molecule has 3 saturated heterocycles. The molecule has 3 rings (SSSR count). The van der Waals surface area contributed by atoms with E-state index in [4.69, 9.17) is 9.47 Å². The molecule has 0 saturated carbocycles. The van der Waals surface area contributed by atoms with Crippen LogP contribution < -0.4 is 0 Å². The van der Waals surface area contributed by atoms with E-state index >= 15 is 0 Å². The van der Waals surface area contributed by atoms with Crippen molar-refractivity contribution in [2.45, 2.75) is 103 Å². The molecule has 0 radical (unpaired) electrons. The summed E-state index contributed by atoms with van der Waals surface area (Å²) in [5.41, 5.74) is -1.93. The summed E-state index contributed by atoms with van der Waals surface area (Å²) in [4.78, 5) is 45.1. The first-order valence-electron chi connectivity index (χ1n) is 13.3. The van der Waals surface area contributed by atoms with Gasteiger partial charge in [-0.1, -0.05) is 40.2 Å². The van der Waals surface area contributed by atoms with Gasteiger partial charge in [0.05, 0.1) is 30.8 Å². The van der Waals surface area contributed by atoms with E-state index in [9.17, 15) is 19.5 Å². The van der Waals surface area contributed by atoms with Gasteiger partial charge < -0.3 is 24.4 Å². The van der Waals surface area contributed by atoms with Crippen molar-refractivity contribution in [2.24, 2.45) is 17.8 Å². The van der Waals surface area contributed by atoms with E-state index in [1.165, 1.54) is 0 Å². The Morgan fingerprint density at radius 1 is 1.29 bits per heavy atom. The average Bonchev–Trinajstić information content (AvgIpc) is 3.42. The summed E-state index contributed by atoms with van der Waals surface area (Å²) in [6.45, 7) is 15.8. The smallest absolute Gasteiger partial charge is 0.312 e. The zero-order chi connectivity index (χ0) is 26.1. The third kappa shape index (κ3) is 4.20. The summed E-state index contributed by atoms with van der Waals surface area (Å²) in [6, 6.07) is -1.53. The van der Waals surface area contributed by atoms with Gasteiger partial charge in [-0.25, -0.2) is 0 Å². The molecule has 1 N–H and O–H groups in total. The predicted molar refractivity (Wildman–Crippen MR) is 132 cm³/mol. The van der Waals surface area contributed by atoms with E-state index < -0.39 is 41.1 Å². The lowest BCUT2D eigenvalue weighted by Gasteiger charge is -2.42. The van der Waals surface area contributed by atoms with Crippen molar-refractivity contribution in [3.05, 3.63) is 12.7 Å². The molecule has 2 bridgehead atoms. The Labute approximate surface area is 210 Å². The Morgan fingerprint density at radius 2 is 1.97 bits per heavy atom. The molecule has 8 heteroatoms. The number of rotatable bonds is 12. The van der Waals surface area contributed by atoms with E-state index in [1.807, 2.05) is 27.7 Å². The van der Waals surface area contributed by atoms with Crippen molar-refractivity contribution in [3.63, 3.8) is 0 Å². The van der Waals surface area contributed by atoms with Crippen LogP contribution in [0.4, 0.5) is 0 Å².